The molecule has 0 saturated carbocycles. The standard InChI is InChI=1S/C16H8ClN5O.C15H8N4O.C14H5FN4O.C13H2Cl2N4O.C13H7N5O2/c1-2-5-23-22-15-10-4-3-9(17)6-11(10)14-16(15)21-13(8-19)12(7-18)20-14;1-2-8-3-4-9-10(5-8)13-14(15(9)20)19-12(7-17)11(6-16)18-13;1-6-8(15)3-2-7-11(6)14(20)13-12(7)18-9(4-16)10(5-17)19-13;14-7-1-5-6(2-8(7)15)13(20)12-11(5)18-9(3-16)10(4-17)19-12;14-5-8-11(13(15)19)17-9-6-3-1-2-4-7(6)10(18-20)12(9)16-8/h2-4,6H,1,5H2;3-5H,2H2,1H3;2-3H,1H3;1-2H;1-4,17H,(H2,15,19). The first-order valence-corrected chi connectivity index (χ1v) is 30.4. The maximum absolute atomic E-state index is 13.6. The molecule has 3 N–H and O–H groups in total. The van der Waals surface area contributed by atoms with Crippen molar-refractivity contribution in [3.8, 4) is 111 Å². The lowest BCUT2D eigenvalue weighted by atomic mass is 10.0. The van der Waals surface area contributed by atoms with Gasteiger partial charge in [0.15, 0.2) is 51.2 Å². The number of aromatic nitrogens is 10. The molecule has 0 atom stereocenters. The number of nitrogens with one attached hydrogen (secondary N) is 1. The molecular weight excluding hydrogens is 1380 g/mol. The van der Waals surface area contributed by atoms with Crippen molar-refractivity contribution in [2.24, 2.45) is 16.1 Å². The lowest BCUT2D eigenvalue weighted by Crippen LogP contribution is -2.17. The lowest BCUT2D eigenvalue weighted by Gasteiger charge is -2.05. The highest BCUT2D eigenvalue weighted by atomic mass is 35.5. The van der Waals surface area contributed by atoms with Crippen LogP contribution >= 0.6 is 34.8 Å². The van der Waals surface area contributed by atoms with Gasteiger partial charge in [0.25, 0.3) is 5.91 Å². The number of nitroso groups, excluding NO2 is 1. The number of H-pyrrole nitrogens is 1. The van der Waals surface area contributed by atoms with Gasteiger partial charge in [-0.25, -0.2) is 49.2 Å². The Labute approximate surface area is 593 Å². The van der Waals surface area contributed by atoms with Crippen LogP contribution in [0.2, 0.25) is 15.1 Å². The van der Waals surface area contributed by atoms with E-state index in [1.807, 2.05) is 37.3 Å². The Morgan fingerprint density at radius 3 is 1.47 bits per heavy atom. The minimum Gasteiger partial charge on any atom is -0.391 e. The maximum Gasteiger partial charge on any atom is 0.268 e. The number of hydrogen-bond acceptors (Lipinski definition) is 26. The molecule has 0 fully saturated rings. The Balaban J connectivity index is 0.000000129. The summed E-state index contributed by atoms with van der Waals surface area (Å²) in [5.41, 5.74) is 12.6. The van der Waals surface area contributed by atoms with Gasteiger partial charge in [-0.1, -0.05) is 102 Å². The highest BCUT2D eigenvalue weighted by molar-refractivity contribution is 6.43. The molecule has 5 aromatic carbocycles. The molecule has 9 aromatic rings. The molecule has 5 aliphatic carbocycles. The number of nitrogens with two attached hydrogens (primary N) is 1. The fraction of sp³-hybridized carbons (Fsp3) is 0.0563. The van der Waals surface area contributed by atoms with E-state index in [9.17, 15) is 28.5 Å². The van der Waals surface area contributed by atoms with E-state index in [1.54, 1.807) is 91.0 Å². The summed E-state index contributed by atoms with van der Waals surface area (Å²) in [5.74, 6) is -2.39. The van der Waals surface area contributed by atoms with E-state index in [1.165, 1.54) is 31.2 Å². The first kappa shape index (κ1) is 69.2. The number of amides is 1. The maximum atomic E-state index is 13.6. The van der Waals surface area contributed by atoms with Crippen LogP contribution in [0.4, 0.5) is 10.1 Å². The third-order valence-electron chi connectivity index (χ3n) is 15.6. The van der Waals surface area contributed by atoms with Crippen molar-refractivity contribution in [2.45, 2.75) is 20.3 Å². The molecule has 0 radical (unpaired) electrons. The lowest BCUT2D eigenvalue weighted by molar-refractivity contribution is 0.0991. The molecule has 15 rings (SSSR count). The summed E-state index contributed by atoms with van der Waals surface area (Å²) in [5, 5.41) is 90.3. The van der Waals surface area contributed by atoms with Crippen LogP contribution in [0.15, 0.2) is 108 Å². The predicted molar refractivity (Wildman–Crippen MR) is 360 cm³/mol. The van der Waals surface area contributed by atoms with E-state index in [0.717, 1.165) is 17.5 Å². The molecule has 32 heteroatoms. The molecule has 1 aliphatic heterocycles. The molecule has 0 bridgehead atoms. The van der Waals surface area contributed by atoms with Gasteiger partial charge in [0.2, 0.25) is 17.3 Å². The number of nitrogens with zero attached hydrogens (tertiary/aromatic N) is 20. The second-order valence-corrected chi connectivity index (χ2v) is 22.6. The number of nitriles is 9. The quantitative estimate of drug-likeness (QED) is 0.0675. The number of ketones is 3. The number of aromatic amines is 1. The molecule has 0 saturated heterocycles. The van der Waals surface area contributed by atoms with Crippen LogP contribution in [-0.2, 0) is 11.3 Å². The third-order valence-corrected chi connectivity index (χ3v) is 16.6. The van der Waals surface area contributed by atoms with Gasteiger partial charge < -0.3 is 15.6 Å². The fourth-order valence-electron chi connectivity index (χ4n) is 11.0. The summed E-state index contributed by atoms with van der Waals surface area (Å²) in [4.78, 5) is 104. The number of primary amides is 1. The Kier molecular flexibility index (Phi) is 19.2. The molecule has 488 valence electrons. The zero-order chi connectivity index (χ0) is 73.8. The molecule has 103 heavy (non-hydrogen) atoms. The molecular formula is C71H30Cl3FN22O6. The monoisotopic (exact) mass is 1410 g/mol. The summed E-state index contributed by atoms with van der Waals surface area (Å²) in [6, 6.07) is 39.6. The Morgan fingerprint density at radius 1 is 0.534 bits per heavy atom. The fourth-order valence-corrected chi connectivity index (χ4v) is 11.5. The van der Waals surface area contributed by atoms with Gasteiger partial charge in [0.05, 0.1) is 15.7 Å². The average molecular weight is 1410 g/mol. The molecule has 6 aliphatic rings. The second kappa shape index (κ2) is 28.5. The van der Waals surface area contributed by atoms with E-state index < -0.39 is 17.5 Å². The van der Waals surface area contributed by atoms with Crippen molar-refractivity contribution < 1.29 is 28.4 Å². The zero-order valence-corrected chi connectivity index (χ0v) is 54.5. The highest BCUT2D eigenvalue weighted by Gasteiger charge is 2.37. The minimum atomic E-state index is -0.790. The van der Waals surface area contributed by atoms with Gasteiger partial charge in [0.1, 0.15) is 135 Å². The first-order chi connectivity index (χ1) is 49.7. The van der Waals surface area contributed by atoms with Crippen molar-refractivity contribution in [1.29, 1.82) is 47.4 Å². The summed E-state index contributed by atoms with van der Waals surface area (Å²) in [7, 11) is 0. The van der Waals surface area contributed by atoms with Crippen molar-refractivity contribution in [3.05, 3.63) is 236 Å². The number of rotatable bonds is 6. The molecule has 0 spiro atoms. The Morgan fingerprint density at radius 2 is 0.961 bits per heavy atom. The SMILES string of the molecule is C=CCON=C1c2ccc(Cl)cc2-c2nc(C#N)c(C#N)nc21.CCc1ccc2c(c1)-c1nc(C#N)c(C#N)nc1C2=O.Cc1c(F)ccc2c1C(=O)c1nc(C#N)c(C#N)nc1-2.N#Cc1nc2c(N=O)c3ccccc3c-2[nH]c1C(N)=O.N#Cc1nc2c(nc1C#N)-c1cc(Cl)c(Cl)cc1C2=O. The first-order valence-electron chi connectivity index (χ1n) is 29.2. The van der Waals surface area contributed by atoms with Crippen LogP contribution in [0.25, 0.3) is 67.2 Å². The summed E-state index contributed by atoms with van der Waals surface area (Å²) < 4.78 is 13.6. The second-order valence-electron chi connectivity index (χ2n) is 21.4. The number of carbonyl (C=O) groups excluding carboxylic acids is 4. The van der Waals surface area contributed by atoms with Crippen molar-refractivity contribution in [3.63, 3.8) is 0 Å². The number of aryl methyl sites for hydroxylation is 1. The minimum absolute atomic E-state index is 0.00995. The normalized spacial score (nSPS) is 11.6. The average Bonchev–Trinajstić information content (AvgIpc) is 1.64. The number of fused-ring (bicyclic) bond motifs is 15. The number of hydrogen-bond donors (Lipinski definition) is 2. The van der Waals surface area contributed by atoms with Gasteiger partial charge in [-0.05, 0) is 72.1 Å². The van der Waals surface area contributed by atoms with E-state index in [4.69, 9.17) is 92.7 Å². The smallest absolute Gasteiger partial charge is 0.268 e. The number of carbonyl (C=O) groups is 4. The molecule has 1 amide bonds. The predicted octanol–water partition coefficient (Wildman–Crippen LogP) is 11.5. The summed E-state index contributed by atoms with van der Waals surface area (Å²) >= 11 is 17.9. The summed E-state index contributed by atoms with van der Waals surface area (Å²) in [6.07, 6.45) is 2.40. The van der Waals surface area contributed by atoms with E-state index in [0.29, 0.717) is 77.7 Å². The van der Waals surface area contributed by atoms with Crippen molar-refractivity contribution in [2.75, 3.05) is 6.61 Å². The zero-order valence-electron chi connectivity index (χ0n) is 52.3. The Hall–Kier alpha value is -15.1. The Bertz CT molecular complexity index is 6100. The summed E-state index contributed by atoms with van der Waals surface area (Å²) in [6.45, 7) is 7.30. The van der Waals surface area contributed by atoms with Gasteiger partial charge in [-0.15, -0.1) is 4.91 Å². The van der Waals surface area contributed by atoms with E-state index >= 15 is 0 Å². The number of oxime groups is 1. The van der Waals surface area contributed by atoms with Crippen molar-refractivity contribution in [1.82, 2.24) is 49.8 Å². The molecule has 5 heterocycles. The van der Waals surface area contributed by atoms with Crippen LogP contribution in [0.1, 0.15) is 139 Å². The highest BCUT2D eigenvalue weighted by Crippen LogP contribution is 2.44. The van der Waals surface area contributed by atoms with E-state index in [-0.39, 0.29) is 136 Å². The van der Waals surface area contributed by atoms with Gasteiger partial charge in [-0.2, -0.15) is 47.4 Å². The van der Waals surface area contributed by atoms with Crippen LogP contribution in [0.5, 0.6) is 0 Å². The van der Waals surface area contributed by atoms with Crippen molar-refractivity contribution >= 4 is 80.2 Å². The van der Waals surface area contributed by atoms with Gasteiger partial charge in [0, 0.05) is 60.3 Å². The van der Waals surface area contributed by atoms with Crippen LogP contribution < -0.4 is 5.73 Å². The largest absolute Gasteiger partial charge is 0.391 e. The van der Waals surface area contributed by atoms with Crippen LogP contribution in [0, 0.1) is 120 Å². The molecule has 28 nitrogen and oxygen atoms in total. The van der Waals surface area contributed by atoms with Gasteiger partial charge in [-0.3, -0.25) is 19.2 Å². The molecule has 4 aromatic heterocycles. The van der Waals surface area contributed by atoms with Gasteiger partial charge >= 0.3 is 0 Å². The van der Waals surface area contributed by atoms with Crippen LogP contribution in [0.3, 0.4) is 0 Å². The third kappa shape index (κ3) is 12.3. The number of halogens is 4. The number of benzene rings is 5. The van der Waals surface area contributed by atoms with Crippen LogP contribution in [-0.4, -0.2) is 85.4 Å². The molecule has 0 unspecified atom stereocenters. The topological polar surface area (TPSA) is 491 Å². The van der Waals surface area contributed by atoms with E-state index in [2.05, 4.69) is 66.8 Å².